The molecule has 0 aromatic rings. The van der Waals surface area contributed by atoms with Crippen molar-refractivity contribution in [2.75, 3.05) is 6.54 Å². The Bertz CT molecular complexity index is 758. The predicted octanol–water partition coefficient (Wildman–Crippen LogP) is 5.84. The molecule has 2 N–H and O–H groups in total. The molecule has 4 heteroatoms. The molecule has 0 amide bonds. The van der Waals surface area contributed by atoms with Gasteiger partial charge in [-0.15, -0.1) is 0 Å². The number of hydrogen-bond acceptors (Lipinski definition) is 4. The van der Waals surface area contributed by atoms with E-state index in [1.807, 2.05) is 0 Å². The van der Waals surface area contributed by atoms with E-state index in [1.54, 1.807) is 0 Å². The molecule has 6 rings (SSSR count). The zero-order valence-corrected chi connectivity index (χ0v) is 20.2. The van der Waals surface area contributed by atoms with Gasteiger partial charge in [0.1, 0.15) is 5.72 Å². The van der Waals surface area contributed by atoms with Gasteiger partial charge in [-0.2, -0.15) is 0 Å². The van der Waals surface area contributed by atoms with Gasteiger partial charge in [0.05, 0.1) is 11.8 Å². The summed E-state index contributed by atoms with van der Waals surface area (Å²) in [6.07, 6.45) is 13.1. The highest BCUT2D eigenvalue weighted by atomic mass is 16.5. The summed E-state index contributed by atoms with van der Waals surface area (Å²) in [5.74, 6) is 5.44. The number of rotatable bonds is 0. The molecule has 174 valence electrons. The molecular weight excluding hydrogens is 384 g/mol. The number of hydrogen-bond donors (Lipinski definition) is 2. The Morgan fingerprint density at radius 3 is 2.58 bits per heavy atom. The third kappa shape index (κ3) is 2.76. The molecule has 0 aromatic carbocycles. The van der Waals surface area contributed by atoms with Crippen LogP contribution in [0.25, 0.3) is 0 Å². The molecule has 6 fully saturated rings. The molecule has 2 aliphatic heterocycles. The second kappa shape index (κ2) is 6.95. The molecular formula is C27H44N2O2. The van der Waals surface area contributed by atoms with Crippen molar-refractivity contribution >= 4 is 5.71 Å². The molecule has 4 nitrogen and oxygen atoms in total. The van der Waals surface area contributed by atoms with E-state index in [0.29, 0.717) is 22.9 Å². The van der Waals surface area contributed by atoms with Crippen LogP contribution in [0.15, 0.2) is 5.16 Å². The van der Waals surface area contributed by atoms with Crippen LogP contribution in [0.2, 0.25) is 0 Å². The zero-order chi connectivity index (χ0) is 21.6. The van der Waals surface area contributed by atoms with Gasteiger partial charge in [0.25, 0.3) is 0 Å². The van der Waals surface area contributed by atoms with Crippen LogP contribution in [0.5, 0.6) is 0 Å². The van der Waals surface area contributed by atoms with E-state index >= 15 is 0 Å². The molecule has 0 radical (unpaired) electrons. The van der Waals surface area contributed by atoms with Crippen molar-refractivity contribution in [3.05, 3.63) is 0 Å². The highest BCUT2D eigenvalue weighted by molar-refractivity contribution is 5.85. The summed E-state index contributed by atoms with van der Waals surface area (Å²) >= 11 is 0. The molecule has 0 bridgehead atoms. The van der Waals surface area contributed by atoms with E-state index in [4.69, 9.17) is 4.74 Å². The molecule has 11 atom stereocenters. The lowest BCUT2D eigenvalue weighted by molar-refractivity contribution is -0.128. The Hall–Kier alpha value is -0.610. The first-order valence-electron chi connectivity index (χ1n) is 13.4. The average molecular weight is 429 g/mol. The third-order valence-electron chi connectivity index (χ3n) is 12.1. The molecule has 0 aromatic heterocycles. The number of oxime groups is 1. The lowest BCUT2D eigenvalue weighted by atomic mass is 9.44. The van der Waals surface area contributed by atoms with Crippen molar-refractivity contribution in [3.63, 3.8) is 0 Å². The van der Waals surface area contributed by atoms with Gasteiger partial charge in [-0.05, 0) is 111 Å². The monoisotopic (exact) mass is 428 g/mol. The van der Waals surface area contributed by atoms with E-state index in [9.17, 15) is 5.21 Å². The Kier molecular flexibility index (Phi) is 4.70. The van der Waals surface area contributed by atoms with Gasteiger partial charge in [0.2, 0.25) is 0 Å². The maximum Gasteiger partial charge on any atom is 0.122 e. The Morgan fingerprint density at radius 2 is 1.84 bits per heavy atom. The van der Waals surface area contributed by atoms with Crippen molar-refractivity contribution in [1.82, 2.24) is 5.32 Å². The smallest absolute Gasteiger partial charge is 0.122 e. The van der Waals surface area contributed by atoms with Gasteiger partial charge >= 0.3 is 0 Å². The number of fused-ring (bicyclic) bond motifs is 7. The Morgan fingerprint density at radius 1 is 1.00 bits per heavy atom. The fraction of sp³-hybridized carbons (Fsp3) is 0.963. The van der Waals surface area contributed by atoms with Crippen LogP contribution >= 0.6 is 0 Å². The van der Waals surface area contributed by atoms with Gasteiger partial charge in [-0.3, -0.25) is 5.32 Å². The van der Waals surface area contributed by atoms with Gasteiger partial charge in [0, 0.05) is 12.5 Å². The first-order chi connectivity index (χ1) is 14.8. The molecule has 6 aliphatic rings. The lowest BCUT2D eigenvalue weighted by Crippen LogP contribution is -2.57. The summed E-state index contributed by atoms with van der Waals surface area (Å²) in [5, 5.41) is 16.9. The van der Waals surface area contributed by atoms with Crippen molar-refractivity contribution in [2.45, 2.75) is 104 Å². The summed E-state index contributed by atoms with van der Waals surface area (Å²) in [6.45, 7) is 11.3. The maximum atomic E-state index is 9.36. The van der Waals surface area contributed by atoms with Crippen LogP contribution in [0.1, 0.15) is 91.9 Å². The van der Waals surface area contributed by atoms with Crippen LogP contribution in [-0.4, -0.2) is 29.3 Å². The van der Waals surface area contributed by atoms with Crippen molar-refractivity contribution in [3.8, 4) is 0 Å². The highest BCUT2D eigenvalue weighted by Crippen LogP contribution is 2.70. The minimum atomic E-state index is -0.0420. The van der Waals surface area contributed by atoms with Crippen LogP contribution in [-0.2, 0) is 4.74 Å². The average Bonchev–Trinajstić information content (AvgIpc) is 3.20. The van der Waals surface area contributed by atoms with Gasteiger partial charge < -0.3 is 9.94 Å². The number of nitrogens with zero attached hydrogens (tertiary/aromatic N) is 1. The molecule has 2 saturated heterocycles. The number of nitrogens with one attached hydrogen (secondary N) is 1. The van der Waals surface area contributed by atoms with E-state index < -0.39 is 0 Å². The minimum Gasteiger partial charge on any atom is -0.411 e. The third-order valence-corrected chi connectivity index (χ3v) is 12.1. The topological polar surface area (TPSA) is 53.8 Å². The minimum absolute atomic E-state index is 0.0420. The zero-order valence-electron chi connectivity index (χ0n) is 20.2. The molecule has 4 saturated carbocycles. The first kappa shape index (κ1) is 21.0. The van der Waals surface area contributed by atoms with Crippen molar-refractivity contribution in [2.24, 2.45) is 57.4 Å². The van der Waals surface area contributed by atoms with Crippen LogP contribution in [0, 0.1) is 52.3 Å². The molecule has 31 heavy (non-hydrogen) atoms. The SMILES string of the molecule is C[C@@H]1CC[C@@]2(NC1)O[C@H]1C[C@H]3[C@@H]4CC[C@H]5C/C(=N/O)CC[C@]5(C)[C@H]4CC[C@]3(C)[C@H]1[C@@H]2C. The summed E-state index contributed by atoms with van der Waals surface area (Å²) < 4.78 is 7.02. The fourth-order valence-electron chi connectivity index (χ4n) is 10.3. The summed E-state index contributed by atoms with van der Waals surface area (Å²) in [5.41, 5.74) is 1.92. The van der Waals surface area contributed by atoms with Crippen molar-refractivity contribution < 1.29 is 9.94 Å². The summed E-state index contributed by atoms with van der Waals surface area (Å²) in [6, 6.07) is 0. The standard InChI is InChI=1S/C27H44N2O2/c1-16-7-12-27(28-15-16)17(2)24-23(31-27)14-22-20-6-5-18-13-19(29-30)8-10-25(18,3)21(20)9-11-26(22,24)4/h16-18,20-24,28,30H,5-15H2,1-4H3/b29-19+/t16-,17+,18+,20-,21+,22+,23+,24+,25+,26+,27-/m1/s1. The largest absolute Gasteiger partial charge is 0.411 e. The van der Waals surface area contributed by atoms with Crippen LogP contribution < -0.4 is 5.32 Å². The highest BCUT2D eigenvalue weighted by Gasteiger charge is 2.68. The van der Waals surface area contributed by atoms with Gasteiger partial charge in [-0.1, -0.05) is 32.9 Å². The van der Waals surface area contributed by atoms with E-state index in [1.165, 1.54) is 51.4 Å². The summed E-state index contributed by atoms with van der Waals surface area (Å²) in [4.78, 5) is 0. The number of piperidine rings is 1. The van der Waals surface area contributed by atoms with Gasteiger partial charge in [-0.25, -0.2) is 0 Å². The molecule has 2 heterocycles. The quantitative estimate of drug-likeness (QED) is 0.377. The Balaban J connectivity index is 1.25. The molecule has 4 aliphatic carbocycles. The lowest BCUT2D eigenvalue weighted by Gasteiger charge is -2.61. The van der Waals surface area contributed by atoms with E-state index in [-0.39, 0.29) is 5.72 Å². The van der Waals surface area contributed by atoms with Crippen LogP contribution in [0.4, 0.5) is 0 Å². The second-order valence-corrected chi connectivity index (χ2v) is 13.2. The van der Waals surface area contributed by atoms with Crippen molar-refractivity contribution in [1.29, 1.82) is 0 Å². The molecule has 1 spiro atoms. The maximum absolute atomic E-state index is 9.36. The molecule has 0 unspecified atom stereocenters. The van der Waals surface area contributed by atoms with E-state index in [0.717, 1.165) is 60.6 Å². The first-order valence-corrected chi connectivity index (χ1v) is 13.4. The Labute approximate surface area is 188 Å². The normalized spacial score (nSPS) is 59.8. The van der Waals surface area contributed by atoms with E-state index in [2.05, 4.69) is 38.2 Å². The van der Waals surface area contributed by atoms with Gasteiger partial charge in [0.15, 0.2) is 0 Å². The number of ether oxygens (including phenoxy) is 1. The van der Waals surface area contributed by atoms with Crippen LogP contribution in [0.3, 0.4) is 0 Å². The predicted molar refractivity (Wildman–Crippen MR) is 123 cm³/mol. The fourth-order valence-corrected chi connectivity index (χ4v) is 10.3. The summed E-state index contributed by atoms with van der Waals surface area (Å²) in [7, 11) is 0. The second-order valence-electron chi connectivity index (χ2n) is 13.2.